The smallest absolute Gasteiger partial charge is 0.335 e. The van der Waals surface area contributed by atoms with Crippen LogP contribution in [0, 0.1) is 20.8 Å². The van der Waals surface area contributed by atoms with E-state index in [1.807, 2.05) is 12.1 Å². The third-order valence-electron chi connectivity index (χ3n) is 3.32. The Labute approximate surface area is 123 Å². The van der Waals surface area contributed by atoms with E-state index in [0.29, 0.717) is 5.56 Å². The SMILES string of the molecule is Cc1cc(C)c(CSc2ccc(C(=O)O)cc2)c(C)c1. The molecule has 0 saturated carbocycles. The Balaban J connectivity index is 2.11. The number of aromatic carboxylic acids is 1. The minimum Gasteiger partial charge on any atom is -0.478 e. The van der Waals surface area contributed by atoms with E-state index < -0.39 is 5.97 Å². The van der Waals surface area contributed by atoms with Crippen molar-refractivity contribution in [3.8, 4) is 0 Å². The van der Waals surface area contributed by atoms with Gasteiger partial charge in [0, 0.05) is 10.6 Å². The number of carbonyl (C=O) groups is 1. The summed E-state index contributed by atoms with van der Waals surface area (Å²) in [5.41, 5.74) is 5.62. The van der Waals surface area contributed by atoms with Crippen molar-refractivity contribution in [3.05, 3.63) is 64.2 Å². The van der Waals surface area contributed by atoms with E-state index in [1.54, 1.807) is 23.9 Å². The highest BCUT2D eigenvalue weighted by atomic mass is 32.2. The van der Waals surface area contributed by atoms with Gasteiger partial charge in [0.05, 0.1) is 5.56 Å². The molecule has 2 nitrogen and oxygen atoms in total. The van der Waals surface area contributed by atoms with Crippen molar-refractivity contribution >= 4 is 17.7 Å². The Morgan fingerprint density at radius 2 is 1.60 bits per heavy atom. The first kappa shape index (κ1) is 14.7. The van der Waals surface area contributed by atoms with Crippen LogP contribution in [0.3, 0.4) is 0 Å². The van der Waals surface area contributed by atoms with Crippen LogP contribution < -0.4 is 0 Å². The number of carboxylic acid groups (broad SMARTS) is 1. The van der Waals surface area contributed by atoms with Crippen LogP contribution in [0.25, 0.3) is 0 Å². The number of benzene rings is 2. The third-order valence-corrected chi connectivity index (χ3v) is 4.36. The summed E-state index contributed by atoms with van der Waals surface area (Å²) in [6.45, 7) is 6.40. The number of thioether (sulfide) groups is 1. The molecule has 104 valence electrons. The maximum Gasteiger partial charge on any atom is 0.335 e. The van der Waals surface area contributed by atoms with Crippen molar-refractivity contribution in [2.24, 2.45) is 0 Å². The second kappa shape index (κ2) is 6.14. The summed E-state index contributed by atoms with van der Waals surface area (Å²) >= 11 is 1.74. The molecule has 0 amide bonds. The Hall–Kier alpha value is -1.74. The first-order chi connectivity index (χ1) is 9.47. The van der Waals surface area contributed by atoms with Gasteiger partial charge in [-0.2, -0.15) is 0 Å². The lowest BCUT2D eigenvalue weighted by atomic mass is 10.0. The van der Waals surface area contributed by atoms with Gasteiger partial charge < -0.3 is 5.11 Å². The maximum absolute atomic E-state index is 10.8. The lowest BCUT2D eigenvalue weighted by Gasteiger charge is -2.11. The molecule has 0 aromatic heterocycles. The standard InChI is InChI=1S/C17H18O2S/c1-11-8-12(2)16(13(3)9-11)10-20-15-6-4-14(5-7-15)17(18)19/h4-9H,10H2,1-3H3,(H,18,19). The van der Waals surface area contributed by atoms with Crippen LogP contribution in [-0.4, -0.2) is 11.1 Å². The molecule has 2 aromatic rings. The van der Waals surface area contributed by atoms with Crippen molar-refractivity contribution in [1.82, 2.24) is 0 Å². The number of carboxylic acids is 1. The molecule has 0 spiro atoms. The molecule has 0 saturated heterocycles. The predicted octanol–water partition coefficient (Wildman–Crippen LogP) is 4.60. The fourth-order valence-corrected chi connectivity index (χ4v) is 3.38. The topological polar surface area (TPSA) is 37.3 Å². The summed E-state index contributed by atoms with van der Waals surface area (Å²) in [6.07, 6.45) is 0. The summed E-state index contributed by atoms with van der Waals surface area (Å²) in [7, 11) is 0. The van der Waals surface area contributed by atoms with Crippen molar-refractivity contribution in [2.45, 2.75) is 31.4 Å². The van der Waals surface area contributed by atoms with Gasteiger partial charge in [-0.1, -0.05) is 17.7 Å². The van der Waals surface area contributed by atoms with Gasteiger partial charge in [0.15, 0.2) is 0 Å². The fourth-order valence-electron chi connectivity index (χ4n) is 2.29. The lowest BCUT2D eigenvalue weighted by Crippen LogP contribution is -1.95. The molecule has 1 N–H and O–H groups in total. The van der Waals surface area contributed by atoms with E-state index in [2.05, 4.69) is 32.9 Å². The summed E-state index contributed by atoms with van der Waals surface area (Å²) in [5, 5.41) is 8.88. The van der Waals surface area contributed by atoms with E-state index in [-0.39, 0.29) is 0 Å². The van der Waals surface area contributed by atoms with Crippen LogP contribution in [0.15, 0.2) is 41.3 Å². The molecule has 0 aliphatic carbocycles. The zero-order valence-corrected chi connectivity index (χ0v) is 12.8. The second-order valence-corrected chi connectivity index (χ2v) is 6.04. The molecule has 0 radical (unpaired) electrons. The molecule has 2 aromatic carbocycles. The zero-order valence-electron chi connectivity index (χ0n) is 11.9. The van der Waals surface area contributed by atoms with Gasteiger partial charge in [-0.25, -0.2) is 4.79 Å². The van der Waals surface area contributed by atoms with Gasteiger partial charge in [-0.15, -0.1) is 11.8 Å². The first-order valence-electron chi connectivity index (χ1n) is 6.50. The molecule has 3 heteroatoms. The Bertz CT molecular complexity index is 607. The third kappa shape index (κ3) is 3.42. The van der Waals surface area contributed by atoms with Gasteiger partial charge in [-0.05, 0) is 61.7 Å². The molecule has 0 fully saturated rings. The first-order valence-corrected chi connectivity index (χ1v) is 7.49. The zero-order chi connectivity index (χ0) is 14.7. The van der Waals surface area contributed by atoms with Crippen LogP contribution in [0.2, 0.25) is 0 Å². The van der Waals surface area contributed by atoms with Gasteiger partial charge >= 0.3 is 5.97 Å². The van der Waals surface area contributed by atoms with Crippen LogP contribution >= 0.6 is 11.8 Å². The van der Waals surface area contributed by atoms with E-state index in [1.165, 1.54) is 22.3 Å². The average molecular weight is 286 g/mol. The van der Waals surface area contributed by atoms with Crippen LogP contribution in [0.1, 0.15) is 32.6 Å². The summed E-state index contributed by atoms with van der Waals surface area (Å²) in [4.78, 5) is 11.9. The Morgan fingerprint density at radius 1 is 1.05 bits per heavy atom. The van der Waals surface area contributed by atoms with Gasteiger partial charge in [0.25, 0.3) is 0 Å². The van der Waals surface area contributed by atoms with E-state index >= 15 is 0 Å². The lowest BCUT2D eigenvalue weighted by molar-refractivity contribution is 0.0697. The predicted molar refractivity (Wildman–Crippen MR) is 83.6 cm³/mol. The molecule has 0 aliphatic heterocycles. The molecule has 20 heavy (non-hydrogen) atoms. The number of hydrogen-bond acceptors (Lipinski definition) is 2. The van der Waals surface area contributed by atoms with Crippen LogP contribution in [-0.2, 0) is 5.75 Å². The van der Waals surface area contributed by atoms with Crippen LogP contribution in [0.4, 0.5) is 0 Å². The monoisotopic (exact) mass is 286 g/mol. The van der Waals surface area contributed by atoms with Gasteiger partial charge in [0.2, 0.25) is 0 Å². The van der Waals surface area contributed by atoms with E-state index in [4.69, 9.17) is 5.11 Å². The molecule has 0 bridgehead atoms. The van der Waals surface area contributed by atoms with Crippen molar-refractivity contribution in [2.75, 3.05) is 0 Å². The average Bonchev–Trinajstić information content (AvgIpc) is 2.38. The normalized spacial score (nSPS) is 10.6. The number of rotatable bonds is 4. The van der Waals surface area contributed by atoms with E-state index in [0.717, 1.165) is 10.6 Å². The Morgan fingerprint density at radius 3 is 2.10 bits per heavy atom. The molecule has 2 rings (SSSR count). The summed E-state index contributed by atoms with van der Waals surface area (Å²) in [5.74, 6) is 0.0245. The summed E-state index contributed by atoms with van der Waals surface area (Å²) in [6, 6.07) is 11.5. The van der Waals surface area contributed by atoms with Crippen molar-refractivity contribution in [3.63, 3.8) is 0 Å². The number of hydrogen-bond donors (Lipinski definition) is 1. The fraction of sp³-hybridized carbons (Fsp3) is 0.235. The highest BCUT2D eigenvalue weighted by Gasteiger charge is 2.06. The van der Waals surface area contributed by atoms with Gasteiger partial charge in [-0.3, -0.25) is 0 Å². The molecular weight excluding hydrogens is 268 g/mol. The molecule has 0 unspecified atom stereocenters. The highest BCUT2D eigenvalue weighted by Crippen LogP contribution is 2.27. The molecule has 0 atom stereocenters. The minimum atomic E-state index is -0.883. The molecule has 0 aliphatic rings. The maximum atomic E-state index is 10.8. The van der Waals surface area contributed by atoms with Crippen LogP contribution in [0.5, 0.6) is 0 Å². The largest absolute Gasteiger partial charge is 0.478 e. The molecule has 0 heterocycles. The Kier molecular flexibility index (Phi) is 4.50. The van der Waals surface area contributed by atoms with Crippen molar-refractivity contribution in [1.29, 1.82) is 0 Å². The van der Waals surface area contributed by atoms with Crippen molar-refractivity contribution < 1.29 is 9.90 Å². The highest BCUT2D eigenvalue weighted by molar-refractivity contribution is 7.98. The van der Waals surface area contributed by atoms with Gasteiger partial charge in [0.1, 0.15) is 0 Å². The second-order valence-electron chi connectivity index (χ2n) is 5.00. The quantitative estimate of drug-likeness (QED) is 0.834. The minimum absolute atomic E-state index is 0.331. The molecular formula is C17H18O2S. The van der Waals surface area contributed by atoms with E-state index in [9.17, 15) is 4.79 Å². The number of aryl methyl sites for hydroxylation is 3. The summed E-state index contributed by atoms with van der Waals surface area (Å²) < 4.78 is 0.